The Hall–Kier alpha value is -2.54. The summed E-state index contributed by atoms with van der Waals surface area (Å²) in [4.78, 5) is 9.01. The highest BCUT2D eigenvalue weighted by molar-refractivity contribution is 6.76. The van der Waals surface area contributed by atoms with Gasteiger partial charge in [0.1, 0.15) is 24.2 Å². The third-order valence-corrected chi connectivity index (χ3v) is 7.66. The molecule has 30 heavy (non-hydrogen) atoms. The summed E-state index contributed by atoms with van der Waals surface area (Å²) in [6.07, 6.45) is 7.41. The van der Waals surface area contributed by atoms with E-state index < -0.39 is 8.07 Å². The summed E-state index contributed by atoms with van der Waals surface area (Å²) in [5, 5.41) is 18.3. The van der Waals surface area contributed by atoms with Gasteiger partial charge in [0.25, 0.3) is 0 Å². The van der Waals surface area contributed by atoms with E-state index in [1.54, 1.807) is 6.33 Å². The van der Waals surface area contributed by atoms with Gasteiger partial charge in [-0.2, -0.15) is 10.4 Å². The second-order valence-electron chi connectivity index (χ2n) is 9.32. The molecule has 1 aliphatic heterocycles. The van der Waals surface area contributed by atoms with Gasteiger partial charge in [-0.1, -0.05) is 19.6 Å². The number of nitrogens with one attached hydrogen (secondary N) is 1. The molecule has 0 saturated carbocycles. The largest absolute Gasteiger partial charge is 0.361 e. The van der Waals surface area contributed by atoms with Crippen molar-refractivity contribution in [2.45, 2.75) is 44.9 Å². The number of aromatic nitrogens is 5. The maximum absolute atomic E-state index is 9.45. The Morgan fingerprint density at radius 3 is 2.80 bits per heavy atom. The average Bonchev–Trinajstić information content (AvgIpc) is 3.31. The number of hydrogen-bond acceptors (Lipinski definition) is 6. The van der Waals surface area contributed by atoms with Crippen molar-refractivity contribution >= 4 is 19.1 Å². The number of hydrogen-bond donors (Lipinski definition) is 1. The summed E-state index contributed by atoms with van der Waals surface area (Å²) in [6, 6.07) is 5.55. The first-order valence-electron chi connectivity index (χ1n) is 10.4. The predicted octanol–water partition coefficient (Wildman–Crippen LogP) is 3.07. The van der Waals surface area contributed by atoms with Gasteiger partial charge < -0.3 is 14.6 Å². The zero-order chi connectivity index (χ0) is 21.4. The second kappa shape index (κ2) is 7.94. The molecule has 8 nitrogen and oxygen atoms in total. The SMILES string of the molecule is CC(C#N)C1(n2cc(-c3ncnc4c3ccn4COCC[Si](C)(C)C)cn2)CNC1. The average molecular weight is 424 g/mol. The zero-order valence-corrected chi connectivity index (χ0v) is 19.1. The Kier molecular flexibility index (Phi) is 5.49. The first-order valence-corrected chi connectivity index (χ1v) is 14.1. The highest BCUT2D eigenvalue weighted by Crippen LogP contribution is 2.33. The molecule has 0 spiro atoms. The van der Waals surface area contributed by atoms with Gasteiger partial charge in [-0.05, 0) is 19.0 Å². The van der Waals surface area contributed by atoms with E-state index in [1.807, 2.05) is 40.8 Å². The zero-order valence-electron chi connectivity index (χ0n) is 18.1. The minimum absolute atomic E-state index is 0.133. The molecule has 0 radical (unpaired) electrons. The molecule has 1 aliphatic rings. The Morgan fingerprint density at radius 2 is 2.13 bits per heavy atom. The Balaban J connectivity index is 1.57. The maximum atomic E-state index is 9.45. The molecule has 1 fully saturated rings. The fourth-order valence-corrected chi connectivity index (χ4v) is 4.49. The van der Waals surface area contributed by atoms with Crippen molar-refractivity contribution in [2.75, 3.05) is 19.7 Å². The first-order chi connectivity index (χ1) is 14.3. The fraction of sp³-hybridized carbons (Fsp3) is 0.524. The predicted molar refractivity (Wildman–Crippen MR) is 118 cm³/mol. The Morgan fingerprint density at radius 1 is 1.33 bits per heavy atom. The van der Waals surface area contributed by atoms with E-state index >= 15 is 0 Å². The van der Waals surface area contributed by atoms with Crippen LogP contribution in [0, 0.1) is 17.2 Å². The summed E-state index contributed by atoms with van der Waals surface area (Å²) in [7, 11) is -1.10. The van der Waals surface area contributed by atoms with Crippen molar-refractivity contribution in [1.29, 1.82) is 5.26 Å². The van der Waals surface area contributed by atoms with Gasteiger partial charge in [0.2, 0.25) is 0 Å². The van der Waals surface area contributed by atoms with Gasteiger partial charge in [0.05, 0.1) is 23.9 Å². The van der Waals surface area contributed by atoms with E-state index in [2.05, 4.69) is 46.1 Å². The molecular formula is C21H29N7OSi. The summed E-state index contributed by atoms with van der Waals surface area (Å²) in [6.45, 7) is 11.7. The molecule has 3 aromatic heterocycles. The molecule has 4 heterocycles. The molecule has 0 aliphatic carbocycles. The number of nitrogens with zero attached hydrogens (tertiary/aromatic N) is 6. The fourth-order valence-electron chi connectivity index (χ4n) is 3.74. The molecule has 4 rings (SSSR count). The van der Waals surface area contributed by atoms with Crippen molar-refractivity contribution in [3.63, 3.8) is 0 Å². The van der Waals surface area contributed by atoms with E-state index in [9.17, 15) is 5.26 Å². The number of nitriles is 1. The van der Waals surface area contributed by atoms with Crippen molar-refractivity contribution in [2.24, 2.45) is 5.92 Å². The highest BCUT2D eigenvalue weighted by atomic mass is 28.3. The molecule has 1 atom stereocenters. The van der Waals surface area contributed by atoms with Gasteiger partial charge >= 0.3 is 0 Å². The van der Waals surface area contributed by atoms with Crippen LogP contribution in [0.5, 0.6) is 0 Å². The van der Waals surface area contributed by atoms with Gasteiger partial charge in [-0.15, -0.1) is 0 Å². The molecular weight excluding hydrogens is 394 g/mol. The van der Waals surface area contributed by atoms with Crippen molar-refractivity contribution in [1.82, 2.24) is 29.6 Å². The highest BCUT2D eigenvalue weighted by Gasteiger charge is 2.45. The molecule has 3 aromatic rings. The molecule has 1 N–H and O–H groups in total. The molecule has 158 valence electrons. The van der Waals surface area contributed by atoms with E-state index in [4.69, 9.17) is 4.74 Å². The maximum Gasteiger partial charge on any atom is 0.145 e. The molecule has 1 unspecified atom stereocenters. The lowest BCUT2D eigenvalue weighted by Gasteiger charge is -2.44. The lowest BCUT2D eigenvalue weighted by atomic mass is 9.81. The van der Waals surface area contributed by atoms with Crippen molar-refractivity contribution in [3.05, 3.63) is 31.0 Å². The van der Waals surface area contributed by atoms with Gasteiger partial charge in [-0.25, -0.2) is 9.97 Å². The van der Waals surface area contributed by atoms with E-state index in [1.165, 1.54) is 0 Å². The van der Waals surface area contributed by atoms with Gasteiger partial charge in [-0.3, -0.25) is 4.68 Å². The molecule has 0 bridgehead atoms. The Bertz CT molecular complexity index is 1070. The molecule has 0 aromatic carbocycles. The van der Waals surface area contributed by atoms with E-state index in [0.29, 0.717) is 6.73 Å². The van der Waals surface area contributed by atoms with Crippen LogP contribution in [0.15, 0.2) is 31.0 Å². The third kappa shape index (κ3) is 3.78. The standard InChI is InChI=1S/C21H29N7OSi/c1-16(9-22)21(12-23-13-21)28-11-17(10-26-28)19-18-5-6-27(20(18)25-14-24-19)15-29-7-8-30(2,3)4/h5-6,10-11,14,16,23H,7-8,12-13,15H2,1-4H3. The minimum atomic E-state index is -1.10. The normalized spacial score (nSPS) is 16.9. The summed E-state index contributed by atoms with van der Waals surface area (Å²) >= 11 is 0. The summed E-state index contributed by atoms with van der Waals surface area (Å²) < 4.78 is 9.85. The molecule has 0 amide bonds. The van der Waals surface area contributed by atoms with Crippen LogP contribution in [0.2, 0.25) is 25.7 Å². The van der Waals surface area contributed by atoms with Crippen LogP contribution in [-0.2, 0) is 17.0 Å². The molecule has 1 saturated heterocycles. The number of rotatable bonds is 8. The van der Waals surface area contributed by atoms with Crippen LogP contribution in [0.25, 0.3) is 22.3 Å². The number of ether oxygens (including phenoxy) is 1. The first kappa shape index (κ1) is 20.7. The van der Waals surface area contributed by atoms with Crippen LogP contribution in [0.1, 0.15) is 6.92 Å². The van der Waals surface area contributed by atoms with E-state index in [0.717, 1.165) is 48.0 Å². The second-order valence-corrected chi connectivity index (χ2v) is 14.9. The van der Waals surface area contributed by atoms with E-state index in [-0.39, 0.29) is 11.5 Å². The quantitative estimate of drug-likeness (QED) is 0.442. The monoisotopic (exact) mass is 423 g/mol. The number of fused-ring (bicyclic) bond motifs is 1. The van der Waals surface area contributed by atoms with Gasteiger partial charge in [0.15, 0.2) is 0 Å². The van der Waals surface area contributed by atoms with Crippen molar-refractivity contribution < 1.29 is 4.74 Å². The topological polar surface area (TPSA) is 93.6 Å². The molecule has 9 heteroatoms. The summed E-state index contributed by atoms with van der Waals surface area (Å²) in [5.74, 6) is -0.133. The van der Waals surface area contributed by atoms with Gasteiger partial charge in [0, 0.05) is 51.1 Å². The third-order valence-electron chi connectivity index (χ3n) is 5.96. The van der Waals surface area contributed by atoms with Crippen LogP contribution in [-0.4, -0.2) is 52.1 Å². The summed E-state index contributed by atoms with van der Waals surface area (Å²) in [5.41, 5.74) is 2.33. The minimum Gasteiger partial charge on any atom is -0.361 e. The van der Waals surface area contributed by atoms with Crippen LogP contribution in [0.3, 0.4) is 0 Å². The lowest BCUT2D eigenvalue weighted by molar-refractivity contribution is 0.0899. The van der Waals surface area contributed by atoms with Crippen LogP contribution >= 0.6 is 0 Å². The van der Waals surface area contributed by atoms with Crippen LogP contribution < -0.4 is 5.32 Å². The lowest BCUT2D eigenvalue weighted by Crippen LogP contribution is -2.64. The van der Waals surface area contributed by atoms with Crippen LogP contribution in [0.4, 0.5) is 0 Å². The Labute approximate surface area is 177 Å². The van der Waals surface area contributed by atoms with Crippen molar-refractivity contribution in [3.8, 4) is 17.3 Å². The smallest absolute Gasteiger partial charge is 0.145 e.